The van der Waals surface area contributed by atoms with Gasteiger partial charge in [-0.1, -0.05) is 27.7 Å². The Morgan fingerprint density at radius 3 is 1.77 bits per heavy atom. The van der Waals surface area contributed by atoms with Crippen LogP contribution >= 0.6 is 0 Å². The second kappa shape index (κ2) is 11.2. The second-order valence-corrected chi connectivity index (χ2v) is 7.51. The standard InChI is InChI=1S/C25H34N2O4/c1-5-26(6-2)13-15-29-19-9-11-21-22-12-10-20(30-16-14-27(7-3)8-4)18-24(22)31-25(28)23(21)17-19/h9-12,17-18H,5-8,13-16H2,1-4H3. The summed E-state index contributed by atoms with van der Waals surface area (Å²) in [6, 6.07) is 11.3. The molecule has 6 nitrogen and oxygen atoms in total. The van der Waals surface area contributed by atoms with Crippen molar-refractivity contribution in [1.29, 1.82) is 0 Å². The molecule has 0 radical (unpaired) electrons. The molecule has 0 bridgehead atoms. The quantitative estimate of drug-likeness (QED) is 0.316. The Kier molecular flexibility index (Phi) is 8.32. The molecule has 0 atom stereocenters. The van der Waals surface area contributed by atoms with E-state index in [-0.39, 0.29) is 5.63 Å². The SMILES string of the molecule is CCN(CC)CCOc1ccc2c(c1)oc(=O)c1cc(OCCN(CC)CC)ccc12. The van der Waals surface area contributed by atoms with Crippen LogP contribution in [0.3, 0.4) is 0 Å². The van der Waals surface area contributed by atoms with Gasteiger partial charge in [-0.25, -0.2) is 4.79 Å². The topological polar surface area (TPSA) is 55.1 Å². The van der Waals surface area contributed by atoms with E-state index in [2.05, 4.69) is 37.5 Å². The van der Waals surface area contributed by atoms with Gasteiger partial charge >= 0.3 is 5.63 Å². The normalized spacial score (nSPS) is 11.7. The van der Waals surface area contributed by atoms with Crippen LogP contribution in [-0.2, 0) is 0 Å². The summed E-state index contributed by atoms with van der Waals surface area (Å²) in [5.41, 5.74) is 0.171. The molecule has 2 aromatic carbocycles. The molecule has 0 aliphatic rings. The third-order valence-electron chi connectivity index (χ3n) is 5.80. The van der Waals surface area contributed by atoms with Crippen molar-refractivity contribution in [3.8, 4) is 11.5 Å². The first-order chi connectivity index (χ1) is 15.1. The van der Waals surface area contributed by atoms with Gasteiger partial charge in [0.2, 0.25) is 0 Å². The van der Waals surface area contributed by atoms with Gasteiger partial charge in [0.25, 0.3) is 0 Å². The van der Waals surface area contributed by atoms with Crippen molar-refractivity contribution in [2.75, 3.05) is 52.5 Å². The van der Waals surface area contributed by atoms with Crippen LogP contribution in [0.2, 0.25) is 0 Å². The molecule has 0 aliphatic carbocycles. The van der Waals surface area contributed by atoms with Crippen molar-refractivity contribution in [1.82, 2.24) is 9.80 Å². The van der Waals surface area contributed by atoms with E-state index in [0.29, 0.717) is 35.7 Å². The molecular weight excluding hydrogens is 392 g/mol. The number of likely N-dealkylation sites (N-methyl/N-ethyl adjacent to an activating group) is 2. The number of nitrogens with zero attached hydrogens (tertiary/aromatic N) is 2. The molecule has 31 heavy (non-hydrogen) atoms. The van der Waals surface area contributed by atoms with Crippen LogP contribution in [0.15, 0.2) is 45.6 Å². The van der Waals surface area contributed by atoms with Crippen molar-refractivity contribution in [2.45, 2.75) is 27.7 Å². The van der Waals surface area contributed by atoms with Crippen LogP contribution in [-0.4, -0.2) is 62.3 Å². The predicted octanol–water partition coefficient (Wildman–Crippen LogP) is 4.39. The maximum atomic E-state index is 12.6. The van der Waals surface area contributed by atoms with Crippen LogP contribution < -0.4 is 15.1 Å². The van der Waals surface area contributed by atoms with Crippen molar-refractivity contribution < 1.29 is 13.9 Å². The Labute approximate surface area is 184 Å². The molecule has 168 valence electrons. The van der Waals surface area contributed by atoms with E-state index in [0.717, 1.165) is 50.0 Å². The Bertz CT molecular complexity index is 1040. The Morgan fingerprint density at radius 1 is 0.710 bits per heavy atom. The number of benzene rings is 2. The van der Waals surface area contributed by atoms with Crippen molar-refractivity contribution in [3.63, 3.8) is 0 Å². The molecule has 1 aromatic heterocycles. The van der Waals surface area contributed by atoms with Crippen molar-refractivity contribution >= 4 is 21.7 Å². The van der Waals surface area contributed by atoms with E-state index in [4.69, 9.17) is 13.9 Å². The number of ether oxygens (including phenoxy) is 2. The van der Waals surface area contributed by atoms with Crippen molar-refractivity contribution in [2.24, 2.45) is 0 Å². The van der Waals surface area contributed by atoms with E-state index in [9.17, 15) is 4.79 Å². The molecule has 0 spiro atoms. The monoisotopic (exact) mass is 426 g/mol. The molecular formula is C25H34N2O4. The molecule has 1 heterocycles. The fraction of sp³-hybridized carbons (Fsp3) is 0.480. The number of hydrogen-bond acceptors (Lipinski definition) is 6. The summed E-state index contributed by atoms with van der Waals surface area (Å²) in [7, 11) is 0. The highest BCUT2D eigenvalue weighted by Gasteiger charge is 2.11. The van der Waals surface area contributed by atoms with E-state index < -0.39 is 0 Å². The molecule has 0 saturated carbocycles. The first kappa shape index (κ1) is 23.1. The lowest BCUT2D eigenvalue weighted by Crippen LogP contribution is -2.27. The summed E-state index contributed by atoms with van der Waals surface area (Å²) in [5.74, 6) is 1.39. The predicted molar refractivity (Wildman–Crippen MR) is 127 cm³/mol. The van der Waals surface area contributed by atoms with Gasteiger partial charge in [-0.3, -0.25) is 0 Å². The Balaban J connectivity index is 1.76. The number of rotatable bonds is 12. The average molecular weight is 427 g/mol. The second-order valence-electron chi connectivity index (χ2n) is 7.51. The van der Waals surface area contributed by atoms with Gasteiger partial charge in [-0.15, -0.1) is 0 Å². The van der Waals surface area contributed by atoms with Crippen LogP contribution in [0.4, 0.5) is 0 Å². The zero-order valence-electron chi connectivity index (χ0n) is 19.1. The van der Waals surface area contributed by atoms with Gasteiger partial charge < -0.3 is 23.7 Å². The number of hydrogen-bond donors (Lipinski definition) is 0. The Morgan fingerprint density at radius 2 is 1.23 bits per heavy atom. The van der Waals surface area contributed by atoms with Gasteiger partial charge in [0.15, 0.2) is 0 Å². The molecule has 0 amide bonds. The minimum Gasteiger partial charge on any atom is -0.492 e. The third-order valence-corrected chi connectivity index (χ3v) is 5.80. The lowest BCUT2D eigenvalue weighted by atomic mass is 10.1. The molecule has 6 heteroatoms. The smallest absolute Gasteiger partial charge is 0.344 e. The fourth-order valence-corrected chi connectivity index (χ4v) is 3.74. The van der Waals surface area contributed by atoms with Crippen LogP contribution in [0.5, 0.6) is 11.5 Å². The third kappa shape index (κ3) is 5.77. The molecule has 0 aliphatic heterocycles. The van der Waals surface area contributed by atoms with Crippen LogP contribution in [0, 0.1) is 0 Å². The summed E-state index contributed by atoms with van der Waals surface area (Å²) in [6.45, 7) is 15.4. The minimum atomic E-state index is -0.364. The van der Waals surface area contributed by atoms with E-state index in [1.165, 1.54) is 0 Å². The van der Waals surface area contributed by atoms with E-state index >= 15 is 0 Å². The lowest BCUT2D eigenvalue weighted by molar-refractivity contribution is 0.223. The maximum Gasteiger partial charge on any atom is 0.344 e. The van der Waals surface area contributed by atoms with Gasteiger partial charge in [0.1, 0.15) is 30.3 Å². The summed E-state index contributed by atoms with van der Waals surface area (Å²) in [5, 5.41) is 2.28. The van der Waals surface area contributed by atoms with E-state index in [1.807, 2.05) is 24.3 Å². The average Bonchev–Trinajstić information content (AvgIpc) is 2.79. The molecule has 0 unspecified atom stereocenters. The molecule has 0 N–H and O–H groups in total. The Hall–Kier alpha value is -2.57. The first-order valence-electron chi connectivity index (χ1n) is 11.3. The molecule has 0 saturated heterocycles. The fourth-order valence-electron chi connectivity index (χ4n) is 3.74. The summed E-state index contributed by atoms with van der Waals surface area (Å²) >= 11 is 0. The molecule has 0 fully saturated rings. The number of fused-ring (bicyclic) bond motifs is 3. The molecule has 3 aromatic rings. The summed E-state index contributed by atoms with van der Waals surface area (Å²) in [4.78, 5) is 17.2. The van der Waals surface area contributed by atoms with Crippen LogP contribution in [0.25, 0.3) is 21.7 Å². The molecule has 3 rings (SSSR count). The zero-order chi connectivity index (χ0) is 22.2. The minimum absolute atomic E-state index is 0.364. The van der Waals surface area contributed by atoms with Gasteiger partial charge in [-0.05, 0) is 56.5 Å². The maximum absolute atomic E-state index is 12.6. The lowest BCUT2D eigenvalue weighted by Gasteiger charge is -2.18. The largest absolute Gasteiger partial charge is 0.492 e. The highest BCUT2D eigenvalue weighted by atomic mass is 16.5. The highest BCUT2D eigenvalue weighted by molar-refractivity contribution is 6.04. The summed E-state index contributed by atoms with van der Waals surface area (Å²) in [6.07, 6.45) is 0. The van der Waals surface area contributed by atoms with E-state index in [1.54, 1.807) is 12.1 Å². The van der Waals surface area contributed by atoms with Gasteiger partial charge in [0, 0.05) is 29.9 Å². The first-order valence-corrected chi connectivity index (χ1v) is 11.3. The highest BCUT2D eigenvalue weighted by Crippen LogP contribution is 2.28. The van der Waals surface area contributed by atoms with Gasteiger partial charge in [-0.2, -0.15) is 0 Å². The van der Waals surface area contributed by atoms with Crippen molar-refractivity contribution in [3.05, 3.63) is 46.8 Å². The van der Waals surface area contributed by atoms with Crippen LogP contribution in [0.1, 0.15) is 27.7 Å². The van der Waals surface area contributed by atoms with Gasteiger partial charge in [0.05, 0.1) is 5.39 Å². The summed E-state index contributed by atoms with van der Waals surface area (Å²) < 4.78 is 17.4. The zero-order valence-corrected chi connectivity index (χ0v) is 19.1.